The SMILES string of the molecule is COc1ccc2ccc(S(=O)(=O)N[C@H]3CCN(Cc4cc5cnccc5cc4OC)C3=O)cc2c1.O=C(O)C(F)(F)F. The van der Waals surface area contributed by atoms with Crippen molar-refractivity contribution in [2.75, 3.05) is 20.8 Å². The molecule has 1 aliphatic rings. The molecule has 10 nitrogen and oxygen atoms in total. The Morgan fingerprint density at radius 2 is 1.74 bits per heavy atom. The third-order valence-electron chi connectivity index (χ3n) is 6.57. The molecule has 2 N–H and O–H groups in total. The third kappa shape index (κ3) is 6.89. The van der Waals surface area contributed by atoms with Crippen molar-refractivity contribution in [2.24, 2.45) is 0 Å². The second-order valence-electron chi connectivity index (χ2n) is 9.29. The fourth-order valence-corrected chi connectivity index (χ4v) is 5.70. The predicted octanol–water partition coefficient (Wildman–Crippen LogP) is 4.12. The molecule has 0 saturated carbocycles. The van der Waals surface area contributed by atoms with Gasteiger partial charge < -0.3 is 19.5 Å². The number of aromatic nitrogens is 1. The topological polar surface area (TPSA) is 135 Å². The minimum atomic E-state index is -5.08. The van der Waals surface area contributed by atoms with Gasteiger partial charge in [-0.25, -0.2) is 13.2 Å². The van der Waals surface area contributed by atoms with Crippen LogP contribution in [-0.4, -0.2) is 68.3 Å². The van der Waals surface area contributed by atoms with Crippen LogP contribution in [0.25, 0.3) is 21.5 Å². The maximum absolute atomic E-state index is 13.1. The van der Waals surface area contributed by atoms with Crippen LogP contribution in [0.3, 0.4) is 0 Å². The molecule has 1 amide bonds. The number of aliphatic carboxylic acids is 1. The van der Waals surface area contributed by atoms with Crippen LogP contribution in [0.1, 0.15) is 12.0 Å². The van der Waals surface area contributed by atoms with Crippen molar-refractivity contribution in [2.45, 2.75) is 30.1 Å². The van der Waals surface area contributed by atoms with Crippen LogP contribution in [0.15, 0.2) is 71.9 Å². The number of pyridine rings is 1. The van der Waals surface area contributed by atoms with Gasteiger partial charge in [-0.15, -0.1) is 0 Å². The first kappa shape index (κ1) is 30.5. The highest BCUT2D eigenvalue weighted by molar-refractivity contribution is 7.89. The number of nitrogens with one attached hydrogen (secondary N) is 1. The number of ether oxygens (including phenoxy) is 2. The Bertz CT molecular complexity index is 1750. The summed E-state index contributed by atoms with van der Waals surface area (Å²) in [6, 6.07) is 15.3. The molecule has 222 valence electrons. The summed E-state index contributed by atoms with van der Waals surface area (Å²) in [5.74, 6) is -1.70. The van der Waals surface area contributed by atoms with Gasteiger partial charge in [0, 0.05) is 36.4 Å². The number of halogens is 3. The highest BCUT2D eigenvalue weighted by Crippen LogP contribution is 2.29. The minimum absolute atomic E-state index is 0.105. The molecule has 1 atom stereocenters. The number of carboxylic acid groups (broad SMARTS) is 1. The van der Waals surface area contributed by atoms with Gasteiger partial charge in [0.15, 0.2) is 0 Å². The van der Waals surface area contributed by atoms with E-state index < -0.39 is 28.2 Å². The molecule has 42 heavy (non-hydrogen) atoms. The third-order valence-corrected chi connectivity index (χ3v) is 8.04. The van der Waals surface area contributed by atoms with Gasteiger partial charge in [0.25, 0.3) is 0 Å². The van der Waals surface area contributed by atoms with Gasteiger partial charge in [0.2, 0.25) is 15.9 Å². The summed E-state index contributed by atoms with van der Waals surface area (Å²) in [5.41, 5.74) is 0.841. The first-order valence-corrected chi connectivity index (χ1v) is 13.9. The van der Waals surface area contributed by atoms with Crippen LogP contribution >= 0.6 is 0 Å². The average Bonchev–Trinajstić information content (AvgIpc) is 3.29. The molecule has 0 aliphatic carbocycles. The van der Waals surface area contributed by atoms with Crippen LogP contribution in [0, 0.1) is 0 Å². The molecule has 0 unspecified atom stereocenters. The van der Waals surface area contributed by atoms with Gasteiger partial charge in [-0.3, -0.25) is 9.78 Å². The average molecular weight is 606 g/mol. The van der Waals surface area contributed by atoms with E-state index in [4.69, 9.17) is 19.4 Å². The number of carboxylic acids is 1. The Hall–Kier alpha value is -4.43. The van der Waals surface area contributed by atoms with E-state index >= 15 is 0 Å². The number of hydrogen-bond donors (Lipinski definition) is 2. The van der Waals surface area contributed by atoms with Gasteiger partial charge in [-0.05, 0) is 65.0 Å². The Balaban J connectivity index is 0.000000517. The second-order valence-corrected chi connectivity index (χ2v) is 11.0. The van der Waals surface area contributed by atoms with Gasteiger partial charge in [0.05, 0.1) is 19.1 Å². The molecule has 3 aromatic carbocycles. The predicted molar refractivity (Wildman–Crippen MR) is 147 cm³/mol. The summed E-state index contributed by atoms with van der Waals surface area (Å²) in [5, 5.41) is 10.7. The van der Waals surface area contributed by atoms with Crippen molar-refractivity contribution >= 4 is 43.4 Å². The monoisotopic (exact) mass is 605 g/mol. The quantitative estimate of drug-likeness (QED) is 0.321. The number of alkyl halides is 3. The van der Waals surface area contributed by atoms with Crippen molar-refractivity contribution in [1.82, 2.24) is 14.6 Å². The fraction of sp³-hybridized carbons (Fsp3) is 0.250. The van der Waals surface area contributed by atoms with Crippen molar-refractivity contribution in [1.29, 1.82) is 0 Å². The van der Waals surface area contributed by atoms with E-state index in [0.717, 1.165) is 27.1 Å². The van der Waals surface area contributed by atoms with E-state index in [9.17, 15) is 26.4 Å². The number of carbonyl (C=O) groups excluding carboxylic acids is 1. The van der Waals surface area contributed by atoms with Crippen LogP contribution in [0.4, 0.5) is 13.2 Å². The molecule has 1 saturated heterocycles. The van der Waals surface area contributed by atoms with E-state index in [2.05, 4.69) is 9.71 Å². The number of nitrogens with zero attached hydrogens (tertiary/aromatic N) is 2. The van der Waals surface area contributed by atoms with Crippen LogP contribution in [-0.2, 0) is 26.2 Å². The molecule has 4 aromatic rings. The van der Waals surface area contributed by atoms with Crippen molar-refractivity contribution in [3.63, 3.8) is 0 Å². The zero-order valence-corrected chi connectivity index (χ0v) is 23.2. The van der Waals surface area contributed by atoms with E-state index in [-0.39, 0.29) is 10.8 Å². The smallest absolute Gasteiger partial charge is 0.490 e. The number of methoxy groups -OCH3 is 2. The fourth-order valence-electron chi connectivity index (χ4n) is 4.44. The van der Waals surface area contributed by atoms with Crippen LogP contribution in [0.5, 0.6) is 11.5 Å². The zero-order valence-electron chi connectivity index (χ0n) is 22.4. The molecule has 1 fully saturated rings. The zero-order chi connectivity index (χ0) is 30.7. The molecule has 14 heteroatoms. The maximum atomic E-state index is 13.1. The molecular weight excluding hydrogens is 579 g/mol. The Morgan fingerprint density at radius 3 is 2.40 bits per heavy atom. The number of benzene rings is 3. The van der Waals surface area contributed by atoms with E-state index in [1.54, 1.807) is 55.8 Å². The molecule has 0 radical (unpaired) electrons. The molecule has 0 bridgehead atoms. The molecule has 1 aromatic heterocycles. The van der Waals surface area contributed by atoms with Crippen LogP contribution < -0.4 is 14.2 Å². The summed E-state index contributed by atoms with van der Waals surface area (Å²) in [7, 11) is -0.745. The molecule has 1 aliphatic heterocycles. The van der Waals surface area contributed by atoms with Gasteiger partial charge >= 0.3 is 12.1 Å². The van der Waals surface area contributed by atoms with Gasteiger partial charge in [0.1, 0.15) is 17.5 Å². The van der Waals surface area contributed by atoms with Gasteiger partial charge in [-0.2, -0.15) is 17.9 Å². The summed E-state index contributed by atoms with van der Waals surface area (Å²) >= 11 is 0. The van der Waals surface area contributed by atoms with E-state index in [1.165, 1.54) is 0 Å². The number of rotatable bonds is 7. The lowest BCUT2D eigenvalue weighted by Gasteiger charge is -2.19. The maximum Gasteiger partial charge on any atom is 0.490 e. The normalized spacial score (nSPS) is 15.4. The second kappa shape index (κ2) is 12.2. The number of carbonyl (C=O) groups is 2. The lowest BCUT2D eigenvalue weighted by atomic mass is 10.1. The number of amides is 1. The summed E-state index contributed by atoms with van der Waals surface area (Å²) in [4.78, 5) is 27.9. The summed E-state index contributed by atoms with van der Waals surface area (Å²) in [6.07, 6.45) is -1.22. The summed E-state index contributed by atoms with van der Waals surface area (Å²) < 4.78 is 71.3. The number of hydrogen-bond acceptors (Lipinski definition) is 7. The summed E-state index contributed by atoms with van der Waals surface area (Å²) in [6.45, 7) is 0.760. The number of fused-ring (bicyclic) bond motifs is 2. The van der Waals surface area contributed by atoms with E-state index in [0.29, 0.717) is 31.0 Å². The van der Waals surface area contributed by atoms with Crippen LogP contribution in [0.2, 0.25) is 0 Å². The largest absolute Gasteiger partial charge is 0.497 e. The highest BCUT2D eigenvalue weighted by Gasteiger charge is 2.38. The number of sulfonamides is 1. The van der Waals surface area contributed by atoms with Crippen molar-refractivity contribution < 1.29 is 45.8 Å². The molecule has 2 heterocycles. The first-order chi connectivity index (χ1) is 19.8. The Kier molecular flexibility index (Phi) is 8.87. The number of likely N-dealkylation sites (tertiary alicyclic amines) is 1. The molecule has 5 rings (SSSR count). The van der Waals surface area contributed by atoms with Crippen molar-refractivity contribution in [3.8, 4) is 11.5 Å². The van der Waals surface area contributed by atoms with Gasteiger partial charge in [-0.1, -0.05) is 12.1 Å². The highest BCUT2D eigenvalue weighted by atomic mass is 32.2. The molecule has 0 spiro atoms. The first-order valence-electron chi connectivity index (χ1n) is 12.4. The lowest BCUT2D eigenvalue weighted by Crippen LogP contribution is -2.41. The minimum Gasteiger partial charge on any atom is -0.497 e. The Morgan fingerprint density at radius 1 is 1.02 bits per heavy atom. The van der Waals surface area contributed by atoms with Crippen molar-refractivity contribution in [3.05, 3.63) is 72.6 Å². The lowest BCUT2D eigenvalue weighted by molar-refractivity contribution is -0.192. The standard InChI is InChI=1S/C26H25N3O5S.C2HF3O2/c1-33-22-5-3-17-4-6-23(13-19(17)12-22)35(31,32)28-24-8-10-29(26(24)30)16-21-11-20-15-27-9-7-18(20)14-25(21)34-2;3-2(4,5)1(6)7/h3-7,9,11-15,24,28H,8,10,16H2,1-2H3;(H,6,7)/t24-;/m0./s1. The Labute approximate surface area is 238 Å². The molecular formula is C28H26F3N3O7S. The van der Waals surface area contributed by atoms with E-state index in [1.807, 2.05) is 30.3 Å².